The summed E-state index contributed by atoms with van der Waals surface area (Å²) in [5, 5.41) is 6.29. The molecule has 2 aliphatic rings. The van der Waals surface area contributed by atoms with Crippen LogP contribution in [0.3, 0.4) is 0 Å². The van der Waals surface area contributed by atoms with Gasteiger partial charge < -0.3 is 15.2 Å². The summed E-state index contributed by atoms with van der Waals surface area (Å²) in [5.41, 5.74) is 2.50. The first kappa shape index (κ1) is 11.7. The predicted octanol–water partition coefficient (Wildman–Crippen LogP) is 0.713. The predicted molar refractivity (Wildman–Crippen MR) is 68.4 cm³/mol. The van der Waals surface area contributed by atoms with E-state index in [-0.39, 0.29) is 11.9 Å². The third-order valence-corrected chi connectivity index (χ3v) is 3.79. The highest BCUT2D eigenvalue weighted by Crippen LogP contribution is 2.28. The molecule has 0 aromatic carbocycles. The molecular weight excluding hydrogens is 228 g/mol. The summed E-state index contributed by atoms with van der Waals surface area (Å²) >= 11 is 0. The van der Waals surface area contributed by atoms with Gasteiger partial charge in [0.15, 0.2) is 0 Å². The lowest BCUT2D eigenvalue weighted by Gasteiger charge is -2.21. The first-order chi connectivity index (χ1) is 8.66. The van der Waals surface area contributed by atoms with Crippen molar-refractivity contribution in [1.29, 1.82) is 0 Å². The van der Waals surface area contributed by atoms with Gasteiger partial charge in [-0.1, -0.05) is 13.8 Å². The van der Waals surface area contributed by atoms with Gasteiger partial charge >= 0.3 is 0 Å². The zero-order valence-corrected chi connectivity index (χ0v) is 11.0. The Labute approximate surface area is 107 Å². The van der Waals surface area contributed by atoms with Crippen molar-refractivity contribution in [3.05, 3.63) is 17.2 Å². The van der Waals surface area contributed by atoms with Crippen LogP contribution in [0, 0.1) is 0 Å². The van der Waals surface area contributed by atoms with E-state index in [9.17, 15) is 4.79 Å². The largest absolute Gasteiger partial charge is 0.354 e. The van der Waals surface area contributed by atoms with E-state index in [2.05, 4.69) is 29.0 Å². The summed E-state index contributed by atoms with van der Waals surface area (Å²) in [6, 6.07) is 0.254. The number of fused-ring (bicyclic) bond motifs is 1. The molecule has 1 aromatic heterocycles. The van der Waals surface area contributed by atoms with Crippen molar-refractivity contribution in [1.82, 2.24) is 20.2 Å². The van der Waals surface area contributed by atoms with Gasteiger partial charge in [-0.3, -0.25) is 4.79 Å². The number of aromatic nitrogens is 2. The Hall–Kier alpha value is -1.36. The molecule has 98 valence electrons. The highest BCUT2D eigenvalue weighted by molar-refractivity contribution is 5.78. The van der Waals surface area contributed by atoms with Crippen LogP contribution in [0.2, 0.25) is 0 Å². The van der Waals surface area contributed by atoms with E-state index in [1.807, 2.05) is 0 Å². The van der Waals surface area contributed by atoms with E-state index < -0.39 is 0 Å². The second-order valence-electron chi connectivity index (χ2n) is 5.48. The Morgan fingerprint density at radius 3 is 2.94 bits per heavy atom. The fourth-order valence-corrected chi connectivity index (χ4v) is 2.94. The van der Waals surface area contributed by atoms with Crippen LogP contribution in [-0.2, 0) is 17.8 Å². The number of carbonyl (C=O) groups excluding carboxylic acids is 1. The van der Waals surface area contributed by atoms with E-state index in [0.29, 0.717) is 12.3 Å². The molecule has 18 heavy (non-hydrogen) atoms. The third-order valence-electron chi connectivity index (χ3n) is 3.79. The van der Waals surface area contributed by atoms with Crippen LogP contribution in [0.5, 0.6) is 0 Å². The van der Waals surface area contributed by atoms with Gasteiger partial charge in [-0.2, -0.15) is 0 Å². The molecule has 2 aliphatic heterocycles. The van der Waals surface area contributed by atoms with Crippen molar-refractivity contribution >= 4 is 5.91 Å². The van der Waals surface area contributed by atoms with Crippen molar-refractivity contribution in [2.24, 2.45) is 0 Å². The van der Waals surface area contributed by atoms with Crippen LogP contribution >= 0.6 is 0 Å². The second-order valence-corrected chi connectivity index (χ2v) is 5.48. The van der Waals surface area contributed by atoms with Crippen molar-refractivity contribution < 1.29 is 4.79 Å². The van der Waals surface area contributed by atoms with E-state index >= 15 is 0 Å². The van der Waals surface area contributed by atoms with Gasteiger partial charge in [0.05, 0.1) is 11.7 Å². The topological polar surface area (TPSA) is 59.0 Å². The Morgan fingerprint density at radius 2 is 2.28 bits per heavy atom. The smallest absolute Gasteiger partial charge is 0.222 e. The van der Waals surface area contributed by atoms with E-state index in [4.69, 9.17) is 4.98 Å². The summed E-state index contributed by atoms with van der Waals surface area (Å²) in [6.45, 7) is 6.94. The number of amides is 1. The van der Waals surface area contributed by atoms with E-state index in [1.54, 1.807) is 0 Å². The monoisotopic (exact) mass is 248 g/mol. The molecule has 0 bridgehead atoms. The van der Waals surface area contributed by atoms with Gasteiger partial charge in [-0.25, -0.2) is 4.98 Å². The van der Waals surface area contributed by atoms with Crippen LogP contribution < -0.4 is 10.6 Å². The number of hydrogen-bond acceptors (Lipinski definition) is 3. The Kier molecular flexibility index (Phi) is 2.86. The fraction of sp³-hybridized carbons (Fsp3) is 0.692. The van der Waals surface area contributed by atoms with Crippen LogP contribution in [0.15, 0.2) is 0 Å². The molecular formula is C13H20N4O. The molecule has 1 aromatic rings. The number of hydrogen-bond donors (Lipinski definition) is 2. The molecule has 1 amide bonds. The lowest BCUT2D eigenvalue weighted by atomic mass is 10.1. The average Bonchev–Trinajstić information content (AvgIpc) is 2.92. The summed E-state index contributed by atoms with van der Waals surface area (Å²) < 4.78 is 2.33. The zero-order chi connectivity index (χ0) is 12.7. The van der Waals surface area contributed by atoms with Crippen molar-refractivity contribution in [3.63, 3.8) is 0 Å². The molecule has 0 aliphatic carbocycles. The summed E-state index contributed by atoms with van der Waals surface area (Å²) in [5.74, 6) is 1.68. The maximum atomic E-state index is 11.4. The molecule has 1 atom stereocenters. The normalized spacial score (nSPS) is 23.3. The third kappa shape index (κ3) is 1.82. The van der Waals surface area contributed by atoms with E-state index in [0.717, 1.165) is 31.9 Å². The Morgan fingerprint density at radius 1 is 1.44 bits per heavy atom. The quantitative estimate of drug-likeness (QED) is 0.810. The summed E-state index contributed by atoms with van der Waals surface area (Å²) in [4.78, 5) is 16.2. The molecule has 0 saturated carbocycles. The molecule has 1 saturated heterocycles. The maximum absolute atomic E-state index is 11.4. The minimum absolute atomic E-state index is 0.158. The van der Waals surface area contributed by atoms with E-state index in [1.165, 1.54) is 11.4 Å². The van der Waals surface area contributed by atoms with Crippen LogP contribution in [0.1, 0.15) is 49.4 Å². The molecule has 3 rings (SSSR count). The molecule has 5 heteroatoms. The van der Waals surface area contributed by atoms with Gasteiger partial charge in [-0.05, 0) is 0 Å². The lowest BCUT2D eigenvalue weighted by Crippen LogP contribution is -2.26. The minimum atomic E-state index is 0.158. The number of nitrogens with one attached hydrogen (secondary N) is 2. The average molecular weight is 248 g/mol. The SMILES string of the molecule is CC(C)c1nc2c(n1C1CNC(=O)C1)CCNC2. The lowest BCUT2D eigenvalue weighted by molar-refractivity contribution is -0.119. The first-order valence-corrected chi connectivity index (χ1v) is 6.74. The van der Waals surface area contributed by atoms with Gasteiger partial charge in [0.2, 0.25) is 5.91 Å². The number of rotatable bonds is 2. The molecule has 0 spiro atoms. The van der Waals surface area contributed by atoms with Crippen molar-refractivity contribution in [2.45, 2.75) is 45.2 Å². The van der Waals surface area contributed by atoms with Crippen LogP contribution in [0.25, 0.3) is 0 Å². The molecule has 1 unspecified atom stereocenters. The fourth-order valence-electron chi connectivity index (χ4n) is 2.94. The first-order valence-electron chi connectivity index (χ1n) is 6.74. The molecule has 0 radical (unpaired) electrons. The van der Waals surface area contributed by atoms with Gasteiger partial charge in [0.25, 0.3) is 0 Å². The Bertz CT molecular complexity index is 478. The van der Waals surface area contributed by atoms with Gasteiger partial charge in [0.1, 0.15) is 5.82 Å². The maximum Gasteiger partial charge on any atom is 0.222 e. The number of nitrogens with zero attached hydrogens (tertiary/aromatic N) is 2. The highest BCUT2D eigenvalue weighted by atomic mass is 16.1. The second kappa shape index (κ2) is 4.39. The molecule has 3 heterocycles. The molecule has 1 fully saturated rings. The Balaban J connectivity index is 2.04. The van der Waals surface area contributed by atoms with Crippen LogP contribution in [-0.4, -0.2) is 28.5 Å². The molecule has 5 nitrogen and oxygen atoms in total. The highest BCUT2D eigenvalue weighted by Gasteiger charge is 2.30. The van der Waals surface area contributed by atoms with Crippen LogP contribution in [0.4, 0.5) is 0 Å². The van der Waals surface area contributed by atoms with Gasteiger partial charge in [-0.15, -0.1) is 0 Å². The number of carbonyl (C=O) groups is 1. The molecule has 2 N–H and O–H groups in total. The standard InChI is InChI=1S/C13H20N4O/c1-8(2)13-16-10-7-14-4-3-11(10)17(13)9-5-12(18)15-6-9/h8-9,14H,3-7H2,1-2H3,(H,15,18). The minimum Gasteiger partial charge on any atom is -0.354 e. The summed E-state index contributed by atoms with van der Waals surface area (Å²) in [7, 11) is 0. The zero-order valence-electron chi connectivity index (χ0n) is 11.0. The summed E-state index contributed by atoms with van der Waals surface area (Å²) in [6.07, 6.45) is 1.61. The number of imidazole rings is 1. The van der Waals surface area contributed by atoms with Crippen molar-refractivity contribution in [3.8, 4) is 0 Å². The van der Waals surface area contributed by atoms with Gasteiger partial charge in [0, 0.05) is 44.1 Å². The van der Waals surface area contributed by atoms with Crippen molar-refractivity contribution in [2.75, 3.05) is 13.1 Å².